The molecule has 2 aromatic carbocycles. The van der Waals surface area contributed by atoms with Gasteiger partial charge < -0.3 is 14.4 Å². The van der Waals surface area contributed by atoms with E-state index in [1.165, 1.54) is 25.2 Å². The lowest BCUT2D eigenvalue weighted by atomic mass is 10.1. The Labute approximate surface area is 173 Å². The second-order valence-electron chi connectivity index (χ2n) is 6.17. The third-order valence-electron chi connectivity index (χ3n) is 4.55. The van der Waals surface area contributed by atoms with Crippen LogP contribution in [0.3, 0.4) is 0 Å². The molecule has 4 nitrogen and oxygen atoms in total. The summed E-state index contributed by atoms with van der Waals surface area (Å²) in [6.07, 6.45) is -4.15. The van der Waals surface area contributed by atoms with Crippen LogP contribution in [-0.2, 0) is 17.4 Å². The van der Waals surface area contributed by atoms with E-state index in [0.717, 1.165) is 6.07 Å². The Morgan fingerprint density at radius 2 is 1.86 bits per heavy atom. The summed E-state index contributed by atoms with van der Waals surface area (Å²) in [5, 5.41) is 0.446. The summed E-state index contributed by atoms with van der Waals surface area (Å²) in [5.41, 5.74) is 0.482. The van der Waals surface area contributed by atoms with Gasteiger partial charge in [0.15, 0.2) is 0 Å². The summed E-state index contributed by atoms with van der Waals surface area (Å²) in [6, 6.07) is 7.15. The summed E-state index contributed by atoms with van der Waals surface area (Å²) in [5.74, 6) is -0.235. The molecule has 1 atom stereocenters. The highest BCUT2D eigenvalue weighted by Crippen LogP contribution is 2.44. The first-order chi connectivity index (χ1) is 13.2. The Morgan fingerprint density at radius 1 is 1.18 bits per heavy atom. The van der Waals surface area contributed by atoms with E-state index < -0.39 is 22.5 Å². The number of benzene rings is 2. The minimum absolute atomic E-state index is 0.232. The number of amides is 1. The number of halogens is 5. The minimum Gasteiger partial charge on any atom is -0.496 e. The fourth-order valence-electron chi connectivity index (χ4n) is 3.20. The lowest BCUT2D eigenvalue weighted by Crippen LogP contribution is -2.32. The topological polar surface area (TPSA) is 38.8 Å². The Hall–Kier alpha value is -1.93. The van der Waals surface area contributed by atoms with Gasteiger partial charge >= 0.3 is 6.18 Å². The van der Waals surface area contributed by atoms with Crippen LogP contribution < -0.4 is 14.4 Å². The first kappa shape index (κ1) is 20.8. The monoisotopic (exact) mass is 477 g/mol. The third-order valence-corrected chi connectivity index (χ3v) is 5.67. The van der Waals surface area contributed by atoms with Crippen molar-refractivity contribution < 1.29 is 27.4 Å². The van der Waals surface area contributed by atoms with Crippen molar-refractivity contribution in [1.29, 1.82) is 0 Å². The summed E-state index contributed by atoms with van der Waals surface area (Å²) in [7, 11) is 2.64. The Morgan fingerprint density at radius 3 is 2.46 bits per heavy atom. The van der Waals surface area contributed by atoms with Crippen molar-refractivity contribution in [2.45, 2.75) is 17.4 Å². The Balaban J connectivity index is 1.98. The number of carbonyl (C=O) groups excluding carboxylic acids is 1. The molecule has 28 heavy (non-hydrogen) atoms. The maximum Gasteiger partial charge on any atom is 0.420 e. The van der Waals surface area contributed by atoms with Crippen LogP contribution >= 0.6 is 27.5 Å². The average Bonchev–Trinajstić information content (AvgIpc) is 3.07. The van der Waals surface area contributed by atoms with Crippen LogP contribution in [0.25, 0.3) is 0 Å². The van der Waals surface area contributed by atoms with Gasteiger partial charge in [0.2, 0.25) is 5.91 Å². The maximum atomic E-state index is 13.4. The number of nitrogens with zero attached hydrogens (tertiary/aromatic N) is 1. The van der Waals surface area contributed by atoms with Gasteiger partial charge in [0.25, 0.3) is 0 Å². The summed E-state index contributed by atoms with van der Waals surface area (Å²) >= 11 is 9.31. The van der Waals surface area contributed by atoms with Crippen molar-refractivity contribution in [3.05, 3.63) is 52.0 Å². The number of carbonyl (C=O) groups is 1. The van der Waals surface area contributed by atoms with Gasteiger partial charge in [-0.15, -0.1) is 0 Å². The maximum absolute atomic E-state index is 13.4. The van der Waals surface area contributed by atoms with Crippen LogP contribution in [0, 0.1) is 0 Å². The van der Waals surface area contributed by atoms with Crippen LogP contribution in [0.2, 0.25) is 5.02 Å². The Bertz CT molecular complexity index is 920. The van der Waals surface area contributed by atoms with E-state index in [9.17, 15) is 18.0 Å². The van der Waals surface area contributed by atoms with Crippen molar-refractivity contribution in [1.82, 2.24) is 0 Å². The quantitative estimate of drug-likeness (QED) is 0.552. The molecular weight excluding hydrogens is 463 g/mol. The molecule has 0 bridgehead atoms. The zero-order valence-corrected chi connectivity index (χ0v) is 17.3. The number of hydrogen-bond acceptors (Lipinski definition) is 3. The van der Waals surface area contributed by atoms with Crippen LogP contribution in [0.5, 0.6) is 11.5 Å². The molecule has 0 saturated heterocycles. The molecule has 0 aromatic heterocycles. The first-order valence-electron chi connectivity index (χ1n) is 8.24. The fourth-order valence-corrected chi connectivity index (χ4v) is 3.99. The van der Waals surface area contributed by atoms with Gasteiger partial charge in [0, 0.05) is 22.8 Å². The number of fused-ring (bicyclic) bond motifs is 1. The summed E-state index contributed by atoms with van der Waals surface area (Å²) in [6.45, 7) is 0.274. The molecule has 9 heteroatoms. The lowest BCUT2D eigenvalue weighted by molar-refractivity contribution is -0.138. The molecule has 0 aliphatic carbocycles. The normalized spacial score (nSPS) is 14.6. The minimum atomic E-state index is -4.59. The number of rotatable bonds is 4. The summed E-state index contributed by atoms with van der Waals surface area (Å²) < 4.78 is 50.3. The van der Waals surface area contributed by atoms with Gasteiger partial charge in [-0.05, 0) is 36.2 Å². The SMILES string of the molecule is COc1cc(Cl)ccc1C(Br)C(=O)N1CCc2cc(OC)c(C(F)(F)F)cc21. The molecule has 1 aliphatic rings. The largest absolute Gasteiger partial charge is 0.496 e. The van der Waals surface area contributed by atoms with Crippen LogP contribution in [-0.4, -0.2) is 26.7 Å². The first-order valence-corrected chi connectivity index (χ1v) is 9.53. The van der Waals surface area contributed by atoms with Crippen molar-refractivity contribution in [3.8, 4) is 11.5 Å². The predicted molar refractivity (Wildman–Crippen MR) is 104 cm³/mol. The van der Waals surface area contributed by atoms with Gasteiger partial charge in [-0.2, -0.15) is 13.2 Å². The van der Waals surface area contributed by atoms with E-state index in [4.69, 9.17) is 21.1 Å². The second-order valence-corrected chi connectivity index (χ2v) is 7.52. The van der Waals surface area contributed by atoms with Crippen molar-refractivity contribution in [2.24, 2.45) is 0 Å². The molecular formula is C19H16BrClF3NO3. The van der Waals surface area contributed by atoms with E-state index in [1.807, 2.05) is 0 Å². The Kier molecular flexibility index (Phi) is 5.82. The highest BCUT2D eigenvalue weighted by Gasteiger charge is 2.38. The molecule has 2 aromatic rings. The predicted octanol–water partition coefficient (Wildman–Crippen LogP) is 5.40. The van der Waals surface area contributed by atoms with Crippen LogP contribution in [0.1, 0.15) is 21.5 Å². The smallest absolute Gasteiger partial charge is 0.420 e. The molecule has 3 rings (SSSR count). The second kappa shape index (κ2) is 7.83. The number of hydrogen-bond donors (Lipinski definition) is 0. The molecule has 1 aliphatic heterocycles. The van der Waals surface area contributed by atoms with Crippen molar-refractivity contribution in [2.75, 3.05) is 25.7 Å². The van der Waals surface area contributed by atoms with Gasteiger partial charge in [-0.1, -0.05) is 33.6 Å². The van der Waals surface area contributed by atoms with E-state index in [-0.39, 0.29) is 18.0 Å². The van der Waals surface area contributed by atoms with Crippen molar-refractivity contribution in [3.63, 3.8) is 0 Å². The lowest BCUT2D eigenvalue weighted by Gasteiger charge is -2.23. The highest BCUT2D eigenvalue weighted by atomic mass is 79.9. The van der Waals surface area contributed by atoms with Crippen LogP contribution in [0.15, 0.2) is 30.3 Å². The fraction of sp³-hybridized carbons (Fsp3) is 0.316. The molecule has 0 spiro atoms. The van der Waals surface area contributed by atoms with E-state index in [1.54, 1.807) is 18.2 Å². The van der Waals surface area contributed by atoms with Crippen LogP contribution in [0.4, 0.5) is 18.9 Å². The molecule has 1 unspecified atom stereocenters. The third kappa shape index (κ3) is 3.80. The highest BCUT2D eigenvalue weighted by molar-refractivity contribution is 9.09. The summed E-state index contributed by atoms with van der Waals surface area (Å²) in [4.78, 5) is 13.6. The number of ether oxygens (including phenoxy) is 2. The molecule has 150 valence electrons. The number of methoxy groups -OCH3 is 2. The molecule has 1 amide bonds. The van der Waals surface area contributed by atoms with Crippen molar-refractivity contribution >= 4 is 39.1 Å². The average molecular weight is 479 g/mol. The zero-order chi connectivity index (χ0) is 20.6. The van der Waals surface area contributed by atoms with E-state index >= 15 is 0 Å². The van der Waals surface area contributed by atoms with Gasteiger partial charge in [-0.25, -0.2) is 0 Å². The van der Waals surface area contributed by atoms with E-state index in [0.29, 0.717) is 28.3 Å². The molecule has 0 fully saturated rings. The molecule has 0 radical (unpaired) electrons. The van der Waals surface area contributed by atoms with E-state index in [2.05, 4.69) is 15.9 Å². The molecule has 1 heterocycles. The zero-order valence-electron chi connectivity index (χ0n) is 14.9. The molecule has 0 saturated carbocycles. The van der Waals surface area contributed by atoms with Gasteiger partial charge in [0.1, 0.15) is 16.3 Å². The standard InChI is InChI=1S/C19H16BrClF3NO3/c1-27-15-8-11(21)3-4-12(15)17(20)18(26)25-6-5-10-7-16(28-2)13(9-14(10)25)19(22,23)24/h3-4,7-9,17H,5-6H2,1-2H3. The van der Waals surface area contributed by atoms with Gasteiger partial charge in [0.05, 0.1) is 19.8 Å². The number of alkyl halides is 4. The number of anilines is 1. The molecule has 0 N–H and O–H groups in total. The van der Waals surface area contributed by atoms with Gasteiger partial charge in [-0.3, -0.25) is 4.79 Å².